The zero-order valence-corrected chi connectivity index (χ0v) is 11.6. The molecule has 0 aliphatic heterocycles. The van der Waals surface area contributed by atoms with Crippen molar-refractivity contribution in [3.8, 4) is 0 Å². The fourth-order valence-electron chi connectivity index (χ4n) is 2.24. The Morgan fingerprint density at radius 3 is 2.61 bits per heavy atom. The molecule has 18 heavy (non-hydrogen) atoms. The lowest BCUT2D eigenvalue weighted by atomic mass is 10.3. The molecule has 1 aliphatic rings. The van der Waals surface area contributed by atoms with Crippen molar-refractivity contribution in [2.24, 2.45) is 0 Å². The van der Waals surface area contributed by atoms with Crippen molar-refractivity contribution in [2.45, 2.75) is 43.5 Å². The van der Waals surface area contributed by atoms with Crippen LogP contribution in [0.2, 0.25) is 0 Å². The largest absolute Gasteiger partial charge is 0.477 e. The van der Waals surface area contributed by atoms with Gasteiger partial charge in [-0.05, 0) is 30.7 Å². The molecule has 5 nitrogen and oxygen atoms in total. The van der Waals surface area contributed by atoms with Gasteiger partial charge >= 0.3 is 5.97 Å². The number of hydrogen-bond donors (Lipinski definition) is 2. The third-order valence-electron chi connectivity index (χ3n) is 3.06. The quantitative estimate of drug-likeness (QED) is 0.887. The molecule has 7 heteroatoms. The summed E-state index contributed by atoms with van der Waals surface area (Å²) < 4.78 is 27.1. The molecule has 2 rings (SSSR count). The topological polar surface area (TPSA) is 83.5 Å². The van der Waals surface area contributed by atoms with E-state index in [1.165, 1.54) is 0 Å². The van der Waals surface area contributed by atoms with Crippen LogP contribution in [0, 0.1) is 6.92 Å². The van der Waals surface area contributed by atoms with Crippen molar-refractivity contribution in [3.63, 3.8) is 0 Å². The SMILES string of the molecule is Cc1csc(C(=O)O)c1S(=O)(=O)NC1CCCC1. The van der Waals surface area contributed by atoms with Crippen molar-refractivity contribution >= 4 is 27.3 Å². The molecule has 0 atom stereocenters. The van der Waals surface area contributed by atoms with Gasteiger partial charge in [-0.25, -0.2) is 17.9 Å². The van der Waals surface area contributed by atoms with Crippen molar-refractivity contribution in [1.29, 1.82) is 0 Å². The van der Waals surface area contributed by atoms with Crippen LogP contribution in [0.5, 0.6) is 0 Å². The Bertz CT molecular complexity index is 556. The smallest absolute Gasteiger partial charge is 0.347 e. The molecule has 1 aliphatic carbocycles. The molecule has 0 amide bonds. The van der Waals surface area contributed by atoms with Gasteiger partial charge in [0.15, 0.2) is 0 Å². The van der Waals surface area contributed by atoms with Crippen LogP contribution in [0.3, 0.4) is 0 Å². The number of sulfonamides is 1. The number of nitrogens with one attached hydrogen (secondary N) is 1. The van der Waals surface area contributed by atoms with Gasteiger partial charge in [0.2, 0.25) is 10.0 Å². The second-order valence-corrected chi connectivity index (χ2v) is 7.02. The molecule has 1 aromatic rings. The maximum absolute atomic E-state index is 12.2. The minimum atomic E-state index is -3.73. The minimum absolute atomic E-state index is 0.0593. The van der Waals surface area contributed by atoms with Gasteiger partial charge < -0.3 is 5.11 Å². The minimum Gasteiger partial charge on any atom is -0.477 e. The summed E-state index contributed by atoms with van der Waals surface area (Å²) in [4.78, 5) is 10.8. The van der Waals surface area contributed by atoms with Gasteiger partial charge in [0.25, 0.3) is 0 Å². The molecule has 1 heterocycles. The maximum Gasteiger partial charge on any atom is 0.347 e. The number of aryl methyl sites for hydroxylation is 1. The molecule has 0 radical (unpaired) electrons. The normalized spacial score (nSPS) is 17.2. The third kappa shape index (κ3) is 2.57. The summed E-state index contributed by atoms with van der Waals surface area (Å²) in [6.45, 7) is 1.62. The Labute approximate surface area is 110 Å². The molecule has 2 N–H and O–H groups in total. The highest BCUT2D eigenvalue weighted by Gasteiger charge is 2.29. The lowest BCUT2D eigenvalue weighted by Gasteiger charge is -2.13. The molecule has 0 saturated heterocycles. The first-order valence-electron chi connectivity index (χ1n) is 5.75. The number of carboxylic acid groups (broad SMARTS) is 1. The first-order chi connectivity index (χ1) is 8.42. The van der Waals surface area contributed by atoms with E-state index in [1.807, 2.05) is 0 Å². The van der Waals surface area contributed by atoms with Gasteiger partial charge in [-0.15, -0.1) is 11.3 Å². The van der Waals surface area contributed by atoms with Crippen LogP contribution in [0.4, 0.5) is 0 Å². The second-order valence-electron chi connectivity index (χ2n) is 4.48. The van der Waals surface area contributed by atoms with Gasteiger partial charge in [0, 0.05) is 6.04 Å². The highest BCUT2D eigenvalue weighted by molar-refractivity contribution is 7.89. The Morgan fingerprint density at radius 1 is 1.44 bits per heavy atom. The zero-order chi connectivity index (χ0) is 13.3. The van der Waals surface area contributed by atoms with E-state index < -0.39 is 16.0 Å². The number of aromatic carboxylic acids is 1. The first kappa shape index (κ1) is 13.5. The van der Waals surface area contributed by atoms with E-state index >= 15 is 0 Å². The monoisotopic (exact) mass is 289 g/mol. The van der Waals surface area contributed by atoms with Crippen LogP contribution in [0.15, 0.2) is 10.3 Å². The Morgan fingerprint density at radius 2 is 2.06 bits per heavy atom. The van der Waals surface area contributed by atoms with Crippen LogP contribution >= 0.6 is 11.3 Å². The number of hydrogen-bond acceptors (Lipinski definition) is 4. The predicted molar refractivity (Wildman–Crippen MR) is 68.6 cm³/mol. The number of carbonyl (C=O) groups is 1. The van der Waals surface area contributed by atoms with E-state index in [-0.39, 0.29) is 15.8 Å². The molecule has 100 valence electrons. The summed E-state index contributed by atoms with van der Waals surface area (Å²) in [6.07, 6.45) is 3.68. The molecule has 0 bridgehead atoms. The fourth-order valence-corrected chi connectivity index (χ4v) is 5.17. The van der Waals surface area contributed by atoms with E-state index in [9.17, 15) is 13.2 Å². The van der Waals surface area contributed by atoms with Gasteiger partial charge in [0.1, 0.15) is 9.77 Å². The van der Waals surface area contributed by atoms with Crippen molar-refractivity contribution < 1.29 is 18.3 Å². The van der Waals surface area contributed by atoms with Crippen molar-refractivity contribution in [2.75, 3.05) is 0 Å². The fraction of sp³-hybridized carbons (Fsp3) is 0.545. The molecule has 1 fully saturated rings. The van der Waals surface area contributed by atoms with E-state index in [4.69, 9.17) is 5.11 Å². The molecule has 1 saturated carbocycles. The summed E-state index contributed by atoms with van der Waals surface area (Å²) in [5, 5.41) is 10.6. The predicted octanol–water partition coefficient (Wildman–Crippen LogP) is 1.98. The highest BCUT2D eigenvalue weighted by atomic mass is 32.2. The van der Waals surface area contributed by atoms with Gasteiger partial charge in [0.05, 0.1) is 0 Å². The molecule has 0 spiro atoms. The molecular formula is C11H15NO4S2. The Balaban J connectivity index is 2.34. The van der Waals surface area contributed by atoms with Crippen molar-refractivity contribution in [3.05, 3.63) is 15.8 Å². The number of thiophene rings is 1. The van der Waals surface area contributed by atoms with Crippen LogP contribution in [0.1, 0.15) is 40.9 Å². The summed E-state index contributed by atoms with van der Waals surface area (Å²) in [6, 6.07) is -0.0593. The van der Waals surface area contributed by atoms with E-state index in [0.717, 1.165) is 37.0 Å². The second kappa shape index (κ2) is 4.99. The van der Waals surface area contributed by atoms with Crippen molar-refractivity contribution in [1.82, 2.24) is 4.72 Å². The first-order valence-corrected chi connectivity index (χ1v) is 8.12. The zero-order valence-electron chi connectivity index (χ0n) is 9.97. The summed E-state index contributed by atoms with van der Waals surface area (Å²) in [5.74, 6) is -1.19. The van der Waals surface area contributed by atoms with Crippen LogP contribution < -0.4 is 4.72 Å². The molecule has 0 aromatic carbocycles. The number of carboxylic acids is 1. The van der Waals surface area contributed by atoms with E-state index in [1.54, 1.807) is 12.3 Å². The standard InChI is InChI=1S/C11H15NO4S2/c1-7-6-17-9(11(13)14)10(7)18(15,16)12-8-4-2-3-5-8/h6,8,12H,2-5H2,1H3,(H,13,14). The molecule has 0 unspecified atom stereocenters. The van der Waals surface area contributed by atoms with Gasteiger partial charge in [-0.1, -0.05) is 12.8 Å². The summed E-state index contributed by atoms with van der Waals surface area (Å²) in [5.41, 5.74) is 0.489. The number of rotatable bonds is 4. The molecular weight excluding hydrogens is 274 g/mol. The maximum atomic E-state index is 12.2. The lowest BCUT2D eigenvalue weighted by Crippen LogP contribution is -2.33. The van der Waals surface area contributed by atoms with Gasteiger partial charge in [-0.3, -0.25) is 0 Å². The van der Waals surface area contributed by atoms with E-state index in [0.29, 0.717) is 5.56 Å². The Kier molecular flexibility index (Phi) is 3.74. The summed E-state index contributed by atoms with van der Waals surface area (Å²) in [7, 11) is -3.73. The highest BCUT2D eigenvalue weighted by Crippen LogP contribution is 2.28. The van der Waals surface area contributed by atoms with Gasteiger partial charge in [-0.2, -0.15) is 0 Å². The lowest BCUT2D eigenvalue weighted by molar-refractivity contribution is 0.0698. The summed E-state index contributed by atoms with van der Waals surface area (Å²) >= 11 is 0.950. The molecule has 1 aromatic heterocycles. The Hall–Kier alpha value is -0.920. The van der Waals surface area contributed by atoms with Crippen LogP contribution in [0.25, 0.3) is 0 Å². The third-order valence-corrected chi connectivity index (χ3v) is 5.98. The average Bonchev–Trinajstić information content (AvgIpc) is 2.86. The average molecular weight is 289 g/mol. The van der Waals surface area contributed by atoms with Crippen LogP contribution in [-0.2, 0) is 10.0 Å². The van der Waals surface area contributed by atoms with Crippen LogP contribution in [-0.4, -0.2) is 25.5 Å². The van der Waals surface area contributed by atoms with E-state index in [2.05, 4.69) is 4.72 Å².